The highest BCUT2D eigenvalue weighted by molar-refractivity contribution is 6.00. The quantitative estimate of drug-likeness (QED) is 0.880. The number of urea groups is 1. The van der Waals surface area contributed by atoms with Crippen LogP contribution in [0.15, 0.2) is 22.8 Å². The summed E-state index contributed by atoms with van der Waals surface area (Å²) < 4.78 is 5.42. The van der Waals surface area contributed by atoms with E-state index < -0.39 is 0 Å². The van der Waals surface area contributed by atoms with Gasteiger partial charge in [0.2, 0.25) is 0 Å². The Kier molecular flexibility index (Phi) is 4.12. The lowest BCUT2D eigenvalue weighted by Gasteiger charge is -2.17. The number of nitrogens with one attached hydrogen (secondary N) is 2. The number of rotatable bonds is 3. The fourth-order valence-corrected chi connectivity index (χ4v) is 3.42. The molecule has 9 nitrogen and oxygen atoms in total. The molecule has 9 heteroatoms. The van der Waals surface area contributed by atoms with Crippen LogP contribution in [0.3, 0.4) is 0 Å². The Balaban J connectivity index is 1.40. The van der Waals surface area contributed by atoms with Gasteiger partial charge in [-0.2, -0.15) is 5.21 Å². The van der Waals surface area contributed by atoms with Crippen molar-refractivity contribution in [2.45, 2.75) is 25.2 Å². The van der Waals surface area contributed by atoms with Gasteiger partial charge in [0.25, 0.3) is 5.91 Å². The molecule has 3 amide bonds. The van der Waals surface area contributed by atoms with Gasteiger partial charge in [0.15, 0.2) is 11.5 Å². The van der Waals surface area contributed by atoms with E-state index in [9.17, 15) is 9.59 Å². The van der Waals surface area contributed by atoms with E-state index in [2.05, 4.69) is 20.7 Å². The minimum atomic E-state index is -0.279. The molecule has 132 valence electrons. The Morgan fingerprint density at radius 1 is 1.20 bits per heavy atom. The molecular weight excluding hydrogens is 324 g/mol. The summed E-state index contributed by atoms with van der Waals surface area (Å²) >= 11 is 0. The van der Waals surface area contributed by atoms with Crippen LogP contribution in [-0.2, 0) is 0 Å². The van der Waals surface area contributed by atoms with E-state index in [-0.39, 0.29) is 29.4 Å². The first-order valence-corrected chi connectivity index (χ1v) is 8.52. The summed E-state index contributed by atoms with van der Waals surface area (Å²) in [6.07, 6.45) is 4.48. The van der Waals surface area contributed by atoms with Crippen molar-refractivity contribution in [3.8, 4) is 0 Å². The molecular formula is C16H20N6O3. The van der Waals surface area contributed by atoms with Crippen molar-refractivity contribution in [3.63, 3.8) is 0 Å². The summed E-state index contributed by atoms with van der Waals surface area (Å²) in [5, 5.41) is 13.0. The van der Waals surface area contributed by atoms with Crippen LogP contribution >= 0.6 is 0 Å². The maximum atomic E-state index is 12.5. The molecule has 2 aliphatic heterocycles. The monoisotopic (exact) mass is 344 g/mol. The third kappa shape index (κ3) is 3.09. The number of aromatic amines is 1. The maximum Gasteiger partial charge on any atom is 0.323 e. The van der Waals surface area contributed by atoms with Gasteiger partial charge < -0.3 is 14.2 Å². The van der Waals surface area contributed by atoms with Crippen LogP contribution in [0.25, 0.3) is 0 Å². The zero-order chi connectivity index (χ0) is 17.2. The third-order valence-electron chi connectivity index (χ3n) is 4.79. The first kappa shape index (κ1) is 15.7. The molecule has 1 atom stereocenters. The van der Waals surface area contributed by atoms with Gasteiger partial charge in [-0.05, 0) is 31.4 Å². The Morgan fingerprint density at radius 3 is 2.80 bits per heavy atom. The molecule has 25 heavy (non-hydrogen) atoms. The Bertz CT molecular complexity index is 750. The predicted molar refractivity (Wildman–Crippen MR) is 88.2 cm³/mol. The van der Waals surface area contributed by atoms with Gasteiger partial charge in [-0.15, -0.1) is 10.2 Å². The molecule has 0 saturated carbocycles. The number of anilines is 1. The fraction of sp³-hybridized carbons (Fsp3) is 0.500. The van der Waals surface area contributed by atoms with Crippen molar-refractivity contribution in [1.82, 2.24) is 25.2 Å². The Hall–Kier alpha value is -2.84. The number of hydrogen-bond acceptors (Lipinski definition) is 5. The lowest BCUT2D eigenvalue weighted by Crippen LogP contribution is -2.34. The molecule has 2 saturated heterocycles. The highest BCUT2D eigenvalue weighted by Gasteiger charge is 2.31. The van der Waals surface area contributed by atoms with E-state index in [0.29, 0.717) is 13.1 Å². The summed E-state index contributed by atoms with van der Waals surface area (Å²) in [6.45, 7) is 2.64. The Morgan fingerprint density at radius 2 is 2.04 bits per heavy atom. The average Bonchev–Trinajstić information content (AvgIpc) is 3.42. The van der Waals surface area contributed by atoms with Crippen molar-refractivity contribution >= 4 is 17.8 Å². The fourth-order valence-electron chi connectivity index (χ4n) is 3.42. The summed E-state index contributed by atoms with van der Waals surface area (Å²) in [7, 11) is 0. The van der Waals surface area contributed by atoms with Crippen LogP contribution in [0.4, 0.5) is 10.6 Å². The van der Waals surface area contributed by atoms with Crippen molar-refractivity contribution < 1.29 is 14.0 Å². The lowest BCUT2D eigenvalue weighted by molar-refractivity contribution is 0.0788. The standard InChI is InChI=1S/C16H20N6O3/c23-15(21-6-1-2-7-21)13-14(19-20-18-13)17-16(24)22-8-5-11(10-22)12-4-3-9-25-12/h3-4,9,11H,1-2,5-8,10H2,(H2,17,18,19,20,24). The summed E-state index contributed by atoms with van der Waals surface area (Å²) in [6, 6.07) is 3.50. The number of carbonyl (C=O) groups excluding carboxylic acids is 2. The van der Waals surface area contributed by atoms with Crippen molar-refractivity contribution in [2.75, 3.05) is 31.5 Å². The predicted octanol–water partition coefficient (Wildman–Crippen LogP) is 1.66. The van der Waals surface area contributed by atoms with Crippen LogP contribution in [0, 0.1) is 0 Å². The minimum absolute atomic E-state index is 0.164. The van der Waals surface area contributed by atoms with E-state index in [1.807, 2.05) is 12.1 Å². The van der Waals surface area contributed by atoms with E-state index in [1.54, 1.807) is 16.1 Å². The van der Waals surface area contributed by atoms with Crippen LogP contribution in [-0.4, -0.2) is 63.3 Å². The molecule has 1 unspecified atom stereocenters. The number of aromatic nitrogens is 3. The van der Waals surface area contributed by atoms with Crippen molar-refractivity contribution in [1.29, 1.82) is 0 Å². The van der Waals surface area contributed by atoms with Gasteiger partial charge in [-0.3, -0.25) is 10.1 Å². The SMILES string of the molecule is O=C(Nc1n[nH]nc1C(=O)N1CCCC1)N1CCC(c2ccco2)C1. The topological polar surface area (TPSA) is 107 Å². The molecule has 0 radical (unpaired) electrons. The highest BCUT2D eigenvalue weighted by atomic mass is 16.3. The van der Waals surface area contributed by atoms with Crippen molar-refractivity contribution in [3.05, 3.63) is 29.9 Å². The molecule has 2 N–H and O–H groups in total. The molecule has 0 aromatic carbocycles. The zero-order valence-electron chi connectivity index (χ0n) is 13.8. The first-order chi connectivity index (χ1) is 12.2. The maximum absolute atomic E-state index is 12.5. The van der Waals surface area contributed by atoms with Gasteiger partial charge in [-0.1, -0.05) is 0 Å². The average molecular weight is 344 g/mol. The second-order valence-electron chi connectivity index (χ2n) is 6.40. The number of furan rings is 1. The number of carbonyl (C=O) groups is 2. The smallest absolute Gasteiger partial charge is 0.323 e. The molecule has 4 rings (SSSR count). The minimum Gasteiger partial charge on any atom is -0.469 e. The van der Waals surface area contributed by atoms with Gasteiger partial charge in [0.1, 0.15) is 5.76 Å². The second kappa shape index (κ2) is 6.58. The zero-order valence-corrected chi connectivity index (χ0v) is 13.8. The van der Waals surface area contributed by atoms with Crippen LogP contribution < -0.4 is 5.32 Å². The number of nitrogens with zero attached hydrogens (tertiary/aromatic N) is 4. The van der Waals surface area contributed by atoms with Gasteiger partial charge >= 0.3 is 6.03 Å². The number of hydrogen-bond donors (Lipinski definition) is 2. The van der Waals surface area contributed by atoms with E-state index in [0.717, 1.165) is 38.1 Å². The second-order valence-corrected chi connectivity index (χ2v) is 6.40. The van der Waals surface area contributed by atoms with Gasteiger partial charge in [0, 0.05) is 32.1 Å². The third-order valence-corrected chi connectivity index (χ3v) is 4.79. The lowest BCUT2D eigenvalue weighted by atomic mass is 10.1. The molecule has 0 bridgehead atoms. The summed E-state index contributed by atoms with van der Waals surface area (Å²) in [5.41, 5.74) is 0.164. The van der Waals surface area contributed by atoms with E-state index in [1.165, 1.54) is 0 Å². The van der Waals surface area contributed by atoms with Crippen molar-refractivity contribution in [2.24, 2.45) is 0 Å². The summed E-state index contributed by atoms with van der Waals surface area (Å²) in [4.78, 5) is 28.4. The highest BCUT2D eigenvalue weighted by Crippen LogP contribution is 2.28. The molecule has 2 aromatic rings. The molecule has 2 aliphatic rings. The Labute approximate surface area is 144 Å². The van der Waals surface area contributed by atoms with Crippen LogP contribution in [0.1, 0.15) is 41.4 Å². The molecule has 2 fully saturated rings. The summed E-state index contributed by atoms with van der Waals surface area (Å²) in [5.74, 6) is 1.07. The number of likely N-dealkylation sites (tertiary alicyclic amines) is 2. The van der Waals surface area contributed by atoms with Gasteiger partial charge in [0.05, 0.1) is 6.26 Å². The number of H-pyrrole nitrogens is 1. The van der Waals surface area contributed by atoms with Crippen LogP contribution in [0.5, 0.6) is 0 Å². The molecule has 0 spiro atoms. The number of amides is 3. The molecule has 2 aromatic heterocycles. The molecule has 0 aliphatic carbocycles. The van der Waals surface area contributed by atoms with Crippen LogP contribution in [0.2, 0.25) is 0 Å². The van der Waals surface area contributed by atoms with E-state index >= 15 is 0 Å². The van der Waals surface area contributed by atoms with Gasteiger partial charge in [-0.25, -0.2) is 4.79 Å². The largest absolute Gasteiger partial charge is 0.469 e. The molecule has 4 heterocycles. The van der Waals surface area contributed by atoms with E-state index in [4.69, 9.17) is 4.42 Å². The first-order valence-electron chi connectivity index (χ1n) is 8.52. The normalized spacial score (nSPS) is 20.2.